The number of nitrogens with one attached hydrogen (secondary N) is 3. The molecule has 2 aromatic heterocycles. The summed E-state index contributed by atoms with van der Waals surface area (Å²) in [5.41, 5.74) is 12.0. The molecule has 13 heteroatoms. The fourth-order valence-corrected chi connectivity index (χ4v) is 4.93. The predicted molar refractivity (Wildman–Crippen MR) is 183 cm³/mol. The molecule has 2 aromatic carbocycles. The number of benzene rings is 2. The lowest BCUT2D eigenvalue weighted by atomic mass is 10.1. The van der Waals surface area contributed by atoms with Crippen LogP contribution in [0, 0.1) is 11.8 Å². The number of nitrogens with zero attached hydrogens (tertiary/aromatic N) is 4. The van der Waals surface area contributed by atoms with Crippen LogP contribution in [0.1, 0.15) is 43.1 Å². The molecule has 1 aliphatic heterocycles. The fourth-order valence-electron chi connectivity index (χ4n) is 4.93. The van der Waals surface area contributed by atoms with Crippen LogP contribution in [0.3, 0.4) is 0 Å². The average molecular weight is 664 g/mol. The highest BCUT2D eigenvalue weighted by atomic mass is 35.5. The number of fused-ring (bicyclic) bond motifs is 1. The molecule has 0 bridgehead atoms. The van der Waals surface area contributed by atoms with E-state index in [9.17, 15) is 14.4 Å². The Balaban J connectivity index is 0.00000288. The van der Waals surface area contributed by atoms with E-state index < -0.39 is 0 Å². The number of nitrogen functional groups attached to an aromatic ring is 1. The van der Waals surface area contributed by atoms with Gasteiger partial charge in [-0.15, -0.1) is 24.8 Å². The third-order valence-electron chi connectivity index (χ3n) is 7.21. The number of hydrogen-bond acceptors (Lipinski definition) is 7. The Kier molecular flexibility index (Phi) is 12.3. The topological polar surface area (TPSA) is 147 Å². The van der Waals surface area contributed by atoms with Gasteiger partial charge in [0.2, 0.25) is 11.9 Å². The number of halogens is 2. The lowest BCUT2D eigenvalue weighted by Gasteiger charge is -2.14. The Morgan fingerprint density at radius 2 is 1.85 bits per heavy atom. The van der Waals surface area contributed by atoms with E-state index in [1.807, 2.05) is 60.9 Å². The second-order valence-electron chi connectivity index (χ2n) is 10.8. The van der Waals surface area contributed by atoms with Crippen LogP contribution in [0.4, 0.5) is 11.6 Å². The van der Waals surface area contributed by atoms with Crippen molar-refractivity contribution >= 4 is 54.2 Å². The van der Waals surface area contributed by atoms with Gasteiger partial charge >= 0.3 is 0 Å². The zero-order chi connectivity index (χ0) is 31.2. The van der Waals surface area contributed by atoms with Gasteiger partial charge in [0.1, 0.15) is 5.69 Å². The molecular formula is C33H36Cl2N8O3. The number of carbonyl (C=O) groups excluding carboxylic acids is 3. The molecule has 5 N–H and O–H groups in total. The molecule has 1 aliphatic rings. The SMILES string of the molecule is CN(C)CCNC(=O)c1ccc(NC(=O)Cc2cccc(C#Cc3cnc(N)nc3-c3cc4c(n3C)CCNC4=O)c2)cc1.Cl.Cl. The van der Waals surface area contributed by atoms with Crippen LogP contribution >= 0.6 is 24.8 Å². The van der Waals surface area contributed by atoms with Crippen LogP contribution in [-0.2, 0) is 24.7 Å². The zero-order valence-electron chi connectivity index (χ0n) is 25.7. The van der Waals surface area contributed by atoms with E-state index in [0.717, 1.165) is 29.9 Å². The van der Waals surface area contributed by atoms with Gasteiger partial charge in [-0.05, 0) is 62.1 Å². The number of rotatable bonds is 8. The summed E-state index contributed by atoms with van der Waals surface area (Å²) in [6.07, 6.45) is 2.45. The molecule has 0 saturated heterocycles. The Morgan fingerprint density at radius 1 is 1.09 bits per heavy atom. The Labute approximate surface area is 280 Å². The molecule has 240 valence electrons. The van der Waals surface area contributed by atoms with E-state index in [-0.39, 0.29) is 54.9 Å². The maximum atomic E-state index is 12.8. The third-order valence-corrected chi connectivity index (χ3v) is 7.21. The van der Waals surface area contributed by atoms with Gasteiger partial charge in [0, 0.05) is 61.8 Å². The first kappa shape index (κ1) is 35.6. The standard InChI is InChI=1S/C33H34N8O3.2ClH/c1-40(2)16-15-36-31(43)23-9-11-25(12-10-23)38-29(42)18-22-6-4-5-21(17-22)7-8-24-20-37-33(34)39-30(24)28-19-26-27(41(28)3)13-14-35-32(26)44;;/h4-6,9-12,17,19-20H,13-16,18H2,1-3H3,(H,35,44)(H,36,43)(H,38,42)(H2,34,37,39);2*1H. The summed E-state index contributed by atoms with van der Waals surface area (Å²) in [6, 6.07) is 16.0. The Bertz CT molecular complexity index is 1790. The molecule has 3 amide bonds. The summed E-state index contributed by atoms with van der Waals surface area (Å²) in [5, 5.41) is 8.62. The Morgan fingerprint density at radius 3 is 2.57 bits per heavy atom. The summed E-state index contributed by atoms with van der Waals surface area (Å²) in [7, 11) is 5.79. The van der Waals surface area contributed by atoms with E-state index >= 15 is 0 Å². The van der Waals surface area contributed by atoms with E-state index in [1.54, 1.807) is 30.5 Å². The molecule has 11 nitrogen and oxygen atoms in total. The van der Waals surface area contributed by atoms with Crippen molar-refractivity contribution in [3.05, 3.63) is 94.3 Å². The monoisotopic (exact) mass is 662 g/mol. The summed E-state index contributed by atoms with van der Waals surface area (Å²) in [4.78, 5) is 48.0. The zero-order valence-corrected chi connectivity index (χ0v) is 27.3. The molecule has 0 spiro atoms. The lowest BCUT2D eigenvalue weighted by Crippen LogP contribution is -2.31. The van der Waals surface area contributed by atoms with Gasteiger partial charge in [-0.1, -0.05) is 24.0 Å². The van der Waals surface area contributed by atoms with Crippen molar-refractivity contribution in [3.8, 4) is 23.2 Å². The average Bonchev–Trinajstić information content (AvgIpc) is 3.34. The second kappa shape index (κ2) is 15.9. The molecule has 46 heavy (non-hydrogen) atoms. The highest BCUT2D eigenvalue weighted by molar-refractivity contribution is 5.98. The van der Waals surface area contributed by atoms with Crippen molar-refractivity contribution in [1.82, 2.24) is 30.1 Å². The number of carbonyl (C=O) groups is 3. The highest BCUT2D eigenvalue weighted by Crippen LogP contribution is 2.28. The van der Waals surface area contributed by atoms with E-state index in [2.05, 4.69) is 37.8 Å². The fraction of sp³-hybridized carbons (Fsp3) is 0.242. The van der Waals surface area contributed by atoms with E-state index in [1.165, 1.54) is 0 Å². The normalized spacial score (nSPS) is 11.6. The van der Waals surface area contributed by atoms with Crippen LogP contribution in [-0.4, -0.2) is 70.9 Å². The molecule has 0 saturated carbocycles. The second-order valence-corrected chi connectivity index (χ2v) is 10.8. The molecular weight excluding hydrogens is 627 g/mol. The van der Waals surface area contributed by atoms with Crippen LogP contribution in [0.25, 0.3) is 11.4 Å². The van der Waals surface area contributed by atoms with Crippen molar-refractivity contribution < 1.29 is 14.4 Å². The van der Waals surface area contributed by atoms with E-state index in [0.29, 0.717) is 46.7 Å². The third kappa shape index (κ3) is 8.63. The van der Waals surface area contributed by atoms with Gasteiger partial charge in [0.25, 0.3) is 11.8 Å². The van der Waals surface area contributed by atoms with Crippen molar-refractivity contribution in [2.75, 3.05) is 44.8 Å². The minimum absolute atomic E-state index is 0. The number of amides is 3. The van der Waals surface area contributed by atoms with Gasteiger partial charge in [-0.3, -0.25) is 14.4 Å². The lowest BCUT2D eigenvalue weighted by molar-refractivity contribution is -0.115. The Hall–Kier alpha value is -4.89. The smallest absolute Gasteiger partial charge is 0.253 e. The molecule has 0 unspecified atom stereocenters. The predicted octanol–water partition coefficient (Wildman–Crippen LogP) is 3.07. The van der Waals surface area contributed by atoms with Crippen LogP contribution in [0.15, 0.2) is 60.8 Å². The summed E-state index contributed by atoms with van der Waals surface area (Å²) in [5.74, 6) is 5.95. The van der Waals surface area contributed by atoms with Crippen molar-refractivity contribution in [1.29, 1.82) is 0 Å². The van der Waals surface area contributed by atoms with Gasteiger partial charge in [-0.25, -0.2) is 9.97 Å². The molecule has 4 aromatic rings. The molecule has 0 radical (unpaired) electrons. The number of hydrogen-bond donors (Lipinski definition) is 4. The minimum atomic E-state index is -0.191. The van der Waals surface area contributed by atoms with Gasteiger partial charge < -0.3 is 31.2 Å². The van der Waals surface area contributed by atoms with Crippen LogP contribution in [0.5, 0.6) is 0 Å². The van der Waals surface area contributed by atoms with Gasteiger partial charge in [-0.2, -0.15) is 0 Å². The highest BCUT2D eigenvalue weighted by Gasteiger charge is 2.24. The largest absolute Gasteiger partial charge is 0.368 e. The molecule has 0 atom stereocenters. The maximum absolute atomic E-state index is 12.8. The first-order valence-electron chi connectivity index (χ1n) is 14.2. The number of likely N-dealkylation sites (N-methyl/N-ethyl adjacent to an activating group) is 1. The molecule has 5 rings (SSSR count). The molecule has 0 fully saturated rings. The maximum Gasteiger partial charge on any atom is 0.253 e. The van der Waals surface area contributed by atoms with Crippen molar-refractivity contribution in [2.45, 2.75) is 12.8 Å². The van der Waals surface area contributed by atoms with Crippen molar-refractivity contribution in [2.24, 2.45) is 7.05 Å². The summed E-state index contributed by atoms with van der Waals surface area (Å²) >= 11 is 0. The van der Waals surface area contributed by atoms with E-state index in [4.69, 9.17) is 5.73 Å². The minimum Gasteiger partial charge on any atom is -0.368 e. The first-order chi connectivity index (χ1) is 21.2. The number of anilines is 2. The molecule has 3 heterocycles. The number of nitrogens with two attached hydrogens (primary N) is 1. The van der Waals surface area contributed by atoms with Crippen LogP contribution in [0.2, 0.25) is 0 Å². The number of aromatic nitrogens is 3. The van der Waals surface area contributed by atoms with Gasteiger partial charge in [0.15, 0.2) is 0 Å². The van der Waals surface area contributed by atoms with Gasteiger partial charge in [0.05, 0.1) is 23.2 Å². The van der Waals surface area contributed by atoms with Crippen molar-refractivity contribution in [3.63, 3.8) is 0 Å². The summed E-state index contributed by atoms with van der Waals surface area (Å²) < 4.78 is 1.95. The quantitative estimate of drug-likeness (QED) is 0.212. The molecule has 0 aliphatic carbocycles. The van der Waals surface area contributed by atoms with Crippen LogP contribution < -0.4 is 21.7 Å². The summed E-state index contributed by atoms with van der Waals surface area (Å²) in [6.45, 7) is 1.88. The first-order valence-corrected chi connectivity index (χ1v) is 14.2.